The van der Waals surface area contributed by atoms with Crippen molar-refractivity contribution in [3.05, 3.63) is 79.1 Å². The van der Waals surface area contributed by atoms with Crippen LogP contribution in [0.5, 0.6) is 17.2 Å². The van der Waals surface area contributed by atoms with E-state index in [-0.39, 0.29) is 0 Å². The van der Waals surface area contributed by atoms with E-state index in [1.165, 1.54) is 6.33 Å². The molecule has 0 saturated carbocycles. The summed E-state index contributed by atoms with van der Waals surface area (Å²) in [6, 6.07) is 23.9. The SMILES string of the molecule is COc1ccc(-c2nc(-c3ccccc3)c(-c3ccccc3)n2-c2ncn[nH]2)c(OC)c1OC. The number of aromatic nitrogens is 5. The molecule has 3 aromatic carbocycles. The monoisotopic (exact) mass is 453 g/mol. The molecule has 0 fully saturated rings. The van der Waals surface area contributed by atoms with E-state index in [4.69, 9.17) is 19.2 Å². The summed E-state index contributed by atoms with van der Waals surface area (Å²) in [5.41, 5.74) is 4.34. The van der Waals surface area contributed by atoms with Crippen LogP contribution in [-0.2, 0) is 0 Å². The molecule has 0 aliphatic carbocycles. The molecule has 5 aromatic rings. The summed E-state index contributed by atoms with van der Waals surface area (Å²) >= 11 is 0. The van der Waals surface area contributed by atoms with Crippen LogP contribution in [0.15, 0.2) is 79.1 Å². The van der Waals surface area contributed by atoms with Crippen LogP contribution in [0, 0.1) is 0 Å². The Morgan fingerprint density at radius 1 is 0.735 bits per heavy atom. The fraction of sp³-hybridized carbons (Fsp3) is 0.115. The molecular weight excluding hydrogens is 430 g/mol. The molecule has 0 bridgehead atoms. The molecule has 0 aliphatic heterocycles. The van der Waals surface area contributed by atoms with Crippen molar-refractivity contribution >= 4 is 0 Å². The zero-order chi connectivity index (χ0) is 23.5. The van der Waals surface area contributed by atoms with Crippen LogP contribution >= 0.6 is 0 Å². The Morgan fingerprint density at radius 2 is 1.41 bits per heavy atom. The lowest BCUT2D eigenvalue weighted by Crippen LogP contribution is -2.04. The van der Waals surface area contributed by atoms with Gasteiger partial charge in [-0.15, -0.1) is 0 Å². The molecule has 0 amide bonds. The maximum atomic E-state index is 5.79. The molecule has 34 heavy (non-hydrogen) atoms. The van der Waals surface area contributed by atoms with Gasteiger partial charge in [0.1, 0.15) is 6.33 Å². The number of ether oxygens (including phenoxy) is 3. The normalized spacial score (nSPS) is 10.8. The van der Waals surface area contributed by atoms with Crippen LogP contribution in [-0.4, -0.2) is 46.1 Å². The smallest absolute Gasteiger partial charge is 0.231 e. The van der Waals surface area contributed by atoms with Gasteiger partial charge in [0.05, 0.1) is 38.3 Å². The Kier molecular flexibility index (Phi) is 5.70. The number of aromatic amines is 1. The van der Waals surface area contributed by atoms with E-state index in [0.29, 0.717) is 29.0 Å². The van der Waals surface area contributed by atoms with Gasteiger partial charge in [0.15, 0.2) is 17.3 Å². The second-order valence-electron chi connectivity index (χ2n) is 7.39. The Bertz CT molecular complexity index is 1400. The maximum absolute atomic E-state index is 5.79. The first kappa shape index (κ1) is 21.3. The third-order valence-electron chi connectivity index (χ3n) is 5.53. The van der Waals surface area contributed by atoms with Gasteiger partial charge in [-0.1, -0.05) is 60.7 Å². The minimum atomic E-state index is 0.483. The molecule has 8 heteroatoms. The number of nitrogens with one attached hydrogen (secondary N) is 1. The topological polar surface area (TPSA) is 87.1 Å². The average Bonchev–Trinajstić information content (AvgIpc) is 3.57. The van der Waals surface area contributed by atoms with Crippen LogP contribution in [0.25, 0.3) is 39.9 Å². The van der Waals surface area contributed by atoms with Gasteiger partial charge in [0.25, 0.3) is 0 Å². The molecule has 2 aromatic heterocycles. The van der Waals surface area contributed by atoms with Crippen molar-refractivity contribution in [1.29, 1.82) is 0 Å². The summed E-state index contributed by atoms with van der Waals surface area (Å²) in [6.07, 6.45) is 1.47. The predicted molar refractivity (Wildman–Crippen MR) is 129 cm³/mol. The molecule has 0 unspecified atom stereocenters. The summed E-state index contributed by atoms with van der Waals surface area (Å²) in [7, 11) is 4.77. The zero-order valence-corrected chi connectivity index (χ0v) is 19.0. The fourth-order valence-electron chi connectivity index (χ4n) is 4.05. The highest BCUT2D eigenvalue weighted by molar-refractivity contribution is 5.85. The van der Waals surface area contributed by atoms with Crippen molar-refractivity contribution in [2.24, 2.45) is 0 Å². The minimum absolute atomic E-state index is 0.483. The molecule has 0 atom stereocenters. The zero-order valence-electron chi connectivity index (χ0n) is 19.0. The van der Waals surface area contributed by atoms with E-state index in [1.54, 1.807) is 21.3 Å². The third kappa shape index (κ3) is 3.55. The number of rotatable bonds is 7. The maximum Gasteiger partial charge on any atom is 0.231 e. The van der Waals surface area contributed by atoms with Gasteiger partial charge < -0.3 is 14.2 Å². The Hall–Kier alpha value is -4.59. The van der Waals surface area contributed by atoms with Gasteiger partial charge in [-0.05, 0) is 12.1 Å². The second kappa shape index (κ2) is 9.11. The van der Waals surface area contributed by atoms with Gasteiger partial charge in [-0.25, -0.2) is 10.1 Å². The summed E-state index contributed by atoms with van der Waals surface area (Å²) < 4.78 is 18.9. The summed E-state index contributed by atoms with van der Waals surface area (Å²) in [5, 5.41) is 7.09. The van der Waals surface area contributed by atoms with Gasteiger partial charge in [-0.2, -0.15) is 10.1 Å². The number of methoxy groups -OCH3 is 3. The van der Waals surface area contributed by atoms with Crippen molar-refractivity contribution < 1.29 is 14.2 Å². The molecule has 8 nitrogen and oxygen atoms in total. The van der Waals surface area contributed by atoms with Crippen LogP contribution in [0.4, 0.5) is 0 Å². The molecule has 1 N–H and O–H groups in total. The highest BCUT2D eigenvalue weighted by Gasteiger charge is 2.27. The van der Waals surface area contributed by atoms with Gasteiger partial charge in [0, 0.05) is 11.1 Å². The average molecular weight is 454 g/mol. The van der Waals surface area contributed by atoms with E-state index in [0.717, 1.165) is 28.1 Å². The Balaban J connectivity index is 1.90. The first-order valence-electron chi connectivity index (χ1n) is 10.7. The van der Waals surface area contributed by atoms with E-state index in [1.807, 2.05) is 77.4 Å². The molecule has 2 heterocycles. The number of benzene rings is 3. The summed E-state index contributed by atoms with van der Waals surface area (Å²) in [6.45, 7) is 0. The van der Waals surface area contributed by atoms with Gasteiger partial charge in [-0.3, -0.25) is 4.57 Å². The number of H-pyrrole nitrogens is 1. The molecule has 170 valence electrons. The highest BCUT2D eigenvalue weighted by atomic mass is 16.5. The standard InChI is InChI=1S/C26H23N5O3/c1-32-20-15-14-19(23(33-2)24(20)34-3)25-29-21(17-10-6-4-7-11-17)22(18-12-8-5-9-13-18)31(25)26-27-16-28-30-26/h4-16H,1-3H3,(H,27,28,30). The lowest BCUT2D eigenvalue weighted by atomic mass is 10.0. The van der Waals surface area contributed by atoms with E-state index >= 15 is 0 Å². The molecule has 5 rings (SSSR count). The molecule has 0 saturated heterocycles. The number of hydrogen-bond acceptors (Lipinski definition) is 6. The van der Waals surface area contributed by atoms with Crippen LogP contribution < -0.4 is 14.2 Å². The van der Waals surface area contributed by atoms with Crippen molar-refractivity contribution in [2.45, 2.75) is 0 Å². The van der Waals surface area contributed by atoms with Crippen LogP contribution in [0.2, 0.25) is 0 Å². The lowest BCUT2D eigenvalue weighted by molar-refractivity contribution is 0.325. The number of imidazole rings is 1. The van der Waals surface area contributed by atoms with Crippen LogP contribution in [0.1, 0.15) is 0 Å². The molecule has 0 spiro atoms. The van der Waals surface area contributed by atoms with Gasteiger partial charge >= 0.3 is 0 Å². The second-order valence-corrected chi connectivity index (χ2v) is 7.39. The van der Waals surface area contributed by atoms with Gasteiger partial charge in [0.2, 0.25) is 11.7 Å². The van der Waals surface area contributed by atoms with Crippen LogP contribution in [0.3, 0.4) is 0 Å². The molecule has 0 aliphatic rings. The number of nitrogens with zero attached hydrogens (tertiary/aromatic N) is 4. The Labute approximate surface area is 196 Å². The number of hydrogen-bond donors (Lipinski definition) is 1. The minimum Gasteiger partial charge on any atom is -0.493 e. The van der Waals surface area contributed by atoms with Crippen molar-refractivity contribution in [3.8, 4) is 57.1 Å². The van der Waals surface area contributed by atoms with Crippen molar-refractivity contribution in [3.63, 3.8) is 0 Å². The largest absolute Gasteiger partial charge is 0.493 e. The fourth-order valence-corrected chi connectivity index (χ4v) is 4.05. The molecular formula is C26H23N5O3. The highest BCUT2D eigenvalue weighted by Crippen LogP contribution is 2.46. The van der Waals surface area contributed by atoms with E-state index in [2.05, 4.69) is 15.2 Å². The quantitative estimate of drug-likeness (QED) is 0.372. The first-order valence-corrected chi connectivity index (χ1v) is 10.7. The third-order valence-corrected chi connectivity index (χ3v) is 5.53. The Morgan fingerprint density at radius 3 is 2.00 bits per heavy atom. The predicted octanol–water partition coefficient (Wildman–Crippen LogP) is 5.02. The van der Waals surface area contributed by atoms with Crippen molar-refractivity contribution in [1.82, 2.24) is 24.7 Å². The molecule has 0 radical (unpaired) electrons. The lowest BCUT2D eigenvalue weighted by Gasteiger charge is -2.16. The summed E-state index contributed by atoms with van der Waals surface area (Å²) in [5.74, 6) is 2.70. The first-order chi connectivity index (χ1) is 16.8. The van der Waals surface area contributed by atoms with E-state index in [9.17, 15) is 0 Å². The van der Waals surface area contributed by atoms with E-state index < -0.39 is 0 Å². The summed E-state index contributed by atoms with van der Waals surface area (Å²) in [4.78, 5) is 9.58. The van der Waals surface area contributed by atoms with Crippen molar-refractivity contribution in [2.75, 3.05) is 21.3 Å².